The first-order chi connectivity index (χ1) is 14.6. The summed E-state index contributed by atoms with van der Waals surface area (Å²) in [5.41, 5.74) is 5.89. The van der Waals surface area contributed by atoms with Gasteiger partial charge in [-0.05, 0) is 12.8 Å². The third-order valence-corrected chi connectivity index (χ3v) is 5.31. The van der Waals surface area contributed by atoms with E-state index in [9.17, 15) is 5.11 Å². The fourth-order valence-corrected chi connectivity index (χ4v) is 3.73. The molecule has 3 heterocycles. The van der Waals surface area contributed by atoms with Crippen molar-refractivity contribution in [2.75, 3.05) is 39.3 Å². The maximum absolute atomic E-state index is 11.2. The molecule has 3 N–H and O–H groups in total. The molecule has 168 valence electrons. The van der Waals surface area contributed by atoms with E-state index in [-0.39, 0.29) is 19.0 Å². The number of nitrogens with zero attached hydrogens (tertiary/aromatic N) is 4. The zero-order valence-electron chi connectivity index (χ0n) is 18.0. The summed E-state index contributed by atoms with van der Waals surface area (Å²) in [6.45, 7) is 5.77. The van der Waals surface area contributed by atoms with Crippen molar-refractivity contribution in [3.05, 3.63) is 12.7 Å². The van der Waals surface area contributed by atoms with Crippen LogP contribution in [0.1, 0.15) is 45.8 Å². The molecule has 1 fully saturated rings. The van der Waals surface area contributed by atoms with Gasteiger partial charge in [0.05, 0.1) is 19.5 Å². The number of rotatable bonds is 12. The fraction of sp³-hybridized carbons (Fsp3) is 0.750. The number of ether oxygens (including phenoxy) is 4. The maximum Gasteiger partial charge on any atom is 0.167 e. The zero-order valence-corrected chi connectivity index (χ0v) is 18.0. The van der Waals surface area contributed by atoms with Crippen LogP contribution < -0.4 is 5.73 Å². The molecule has 1 unspecified atom stereocenters. The van der Waals surface area contributed by atoms with E-state index >= 15 is 0 Å². The van der Waals surface area contributed by atoms with E-state index in [1.165, 1.54) is 6.33 Å². The molecule has 0 spiro atoms. The molecular formula is C20H33N5O5. The van der Waals surface area contributed by atoms with E-state index in [1.807, 2.05) is 0 Å². The Kier molecular flexibility index (Phi) is 7.95. The van der Waals surface area contributed by atoms with E-state index in [0.29, 0.717) is 24.4 Å². The van der Waals surface area contributed by atoms with Crippen LogP contribution in [-0.2, 0) is 18.9 Å². The first-order valence-electron chi connectivity index (χ1n) is 10.5. The van der Waals surface area contributed by atoms with Crippen molar-refractivity contribution in [1.29, 1.82) is 0 Å². The lowest BCUT2D eigenvalue weighted by Gasteiger charge is -2.33. The van der Waals surface area contributed by atoms with Crippen LogP contribution in [0.15, 0.2) is 12.7 Å². The Morgan fingerprint density at radius 2 is 1.93 bits per heavy atom. The standard InChI is InChI=1S/C20H33N5O5/c1-4-6-8-28-11-20(10-27-3)16(29-9-7-5-2)15(26)19(30-20)25-13-24-14-17(21)22-12-23-18(14)25/h12-13,15-16,19,26H,4-11H2,1-3H3,(H2,21,22,23)/t15-,16?,19+,20+/m0/s1. The van der Waals surface area contributed by atoms with Crippen molar-refractivity contribution in [3.63, 3.8) is 0 Å². The maximum atomic E-state index is 11.2. The van der Waals surface area contributed by atoms with Gasteiger partial charge >= 0.3 is 0 Å². The van der Waals surface area contributed by atoms with Crippen molar-refractivity contribution >= 4 is 17.0 Å². The topological polar surface area (TPSA) is 127 Å². The SMILES string of the molecule is CCCCOC[C@@]1(COC)O[C@@H](n2cnc3c(N)ncnc32)[C@@H](O)C1OCCCC. The fourth-order valence-electron chi connectivity index (χ4n) is 3.73. The molecule has 0 amide bonds. The van der Waals surface area contributed by atoms with Gasteiger partial charge in [0.1, 0.15) is 29.7 Å². The van der Waals surface area contributed by atoms with Crippen molar-refractivity contribution in [1.82, 2.24) is 19.5 Å². The van der Waals surface area contributed by atoms with E-state index < -0.39 is 24.0 Å². The molecule has 0 radical (unpaired) electrons. The molecule has 0 saturated carbocycles. The molecule has 3 rings (SSSR count). The number of anilines is 1. The number of hydrogen-bond donors (Lipinski definition) is 2. The lowest BCUT2D eigenvalue weighted by Crippen LogP contribution is -2.52. The van der Waals surface area contributed by atoms with E-state index in [4.69, 9.17) is 24.7 Å². The van der Waals surface area contributed by atoms with Crippen LogP contribution in [0.25, 0.3) is 11.2 Å². The molecule has 0 bridgehead atoms. The van der Waals surface area contributed by atoms with Gasteiger partial charge in [0.25, 0.3) is 0 Å². The summed E-state index contributed by atoms with van der Waals surface area (Å²) in [5, 5.41) is 11.2. The number of aliphatic hydroxyl groups is 1. The average molecular weight is 424 g/mol. The Bertz CT molecular complexity index is 803. The second kappa shape index (κ2) is 10.5. The molecule has 0 aliphatic carbocycles. The summed E-state index contributed by atoms with van der Waals surface area (Å²) in [4.78, 5) is 12.5. The minimum absolute atomic E-state index is 0.216. The molecule has 1 aliphatic heterocycles. The first kappa shape index (κ1) is 22.8. The van der Waals surface area contributed by atoms with Crippen molar-refractivity contribution in [3.8, 4) is 0 Å². The number of nitrogen functional groups attached to an aromatic ring is 1. The van der Waals surface area contributed by atoms with Crippen LogP contribution in [0.4, 0.5) is 5.82 Å². The molecule has 10 heteroatoms. The monoisotopic (exact) mass is 423 g/mol. The molecule has 30 heavy (non-hydrogen) atoms. The van der Waals surface area contributed by atoms with Gasteiger partial charge in [-0.25, -0.2) is 15.0 Å². The van der Waals surface area contributed by atoms with Gasteiger partial charge in [-0.1, -0.05) is 26.7 Å². The molecular weight excluding hydrogens is 390 g/mol. The number of nitrogens with two attached hydrogens (primary N) is 1. The number of fused-ring (bicyclic) bond motifs is 1. The van der Waals surface area contributed by atoms with E-state index in [1.54, 1.807) is 18.0 Å². The molecule has 2 aromatic rings. The highest BCUT2D eigenvalue weighted by atomic mass is 16.6. The predicted molar refractivity (Wildman–Crippen MR) is 111 cm³/mol. The highest BCUT2D eigenvalue weighted by molar-refractivity contribution is 5.81. The summed E-state index contributed by atoms with van der Waals surface area (Å²) in [7, 11) is 1.60. The molecule has 1 saturated heterocycles. The number of unbranched alkanes of at least 4 members (excludes halogenated alkanes) is 2. The van der Waals surface area contributed by atoms with Gasteiger partial charge in [0.15, 0.2) is 17.7 Å². The molecule has 1 aliphatic rings. The van der Waals surface area contributed by atoms with E-state index in [0.717, 1.165) is 25.7 Å². The Hall–Kier alpha value is -1.85. The van der Waals surface area contributed by atoms with Crippen LogP contribution in [0.2, 0.25) is 0 Å². The third kappa shape index (κ3) is 4.57. The molecule has 4 atom stereocenters. The van der Waals surface area contributed by atoms with Crippen LogP contribution in [0, 0.1) is 0 Å². The zero-order chi connectivity index (χ0) is 21.6. The normalized spacial score (nSPS) is 26.6. The van der Waals surface area contributed by atoms with Crippen molar-refractivity contribution < 1.29 is 24.1 Å². The Balaban J connectivity index is 1.91. The van der Waals surface area contributed by atoms with Crippen molar-refractivity contribution in [2.45, 2.75) is 63.6 Å². The lowest BCUT2D eigenvalue weighted by atomic mass is 9.96. The van der Waals surface area contributed by atoms with Crippen LogP contribution in [0.5, 0.6) is 0 Å². The molecule has 2 aromatic heterocycles. The summed E-state index contributed by atoms with van der Waals surface area (Å²) in [6, 6.07) is 0. The lowest BCUT2D eigenvalue weighted by molar-refractivity contribution is -0.175. The minimum Gasteiger partial charge on any atom is -0.386 e. The number of hydrogen-bond acceptors (Lipinski definition) is 9. The quantitative estimate of drug-likeness (QED) is 0.490. The summed E-state index contributed by atoms with van der Waals surface area (Å²) >= 11 is 0. The molecule has 0 aromatic carbocycles. The number of aliphatic hydroxyl groups excluding tert-OH is 1. The van der Waals surface area contributed by atoms with Crippen molar-refractivity contribution in [2.24, 2.45) is 0 Å². The predicted octanol–water partition coefficient (Wildman–Crippen LogP) is 1.69. The summed E-state index contributed by atoms with van der Waals surface area (Å²) < 4.78 is 25.6. The highest BCUT2D eigenvalue weighted by Crippen LogP contribution is 2.41. The summed E-state index contributed by atoms with van der Waals surface area (Å²) in [5.74, 6) is 0.271. The number of imidazole rings is 1. The minimum atomic E-state index is -0.972. The highest BCUT2D eigenvalue weighted by Gasteiger charge is 2.57. The Morgan fingerprint density at radius 3 is 2.67 bits per heavy atom. The van der Waals surface area contributed by atoms with Crippen LogP contribution in [0.3, 0.4) is 0 Å². The Morgan fingerprint density at radius 1 is 1.17 bits per heavy atom. The molecule has 10 nitrogen and oxygen atoms in total. The second-order valence-electron chi connectivity index (χ2n) is 7.63. The third-order valence-electron chi connectivity index (χ3n) is 5.31. The van der Waals surface area contributed by atoms with Crippen LogP contribution in [-0.4, -0.2) is 76.0 Å². The average Bonchev–Trinajstić information content (AvgIpc) is 3.27. The van der Waals surface area contributed by atoms with Gasteiger partial charge in [-0.15, -0.1) is 0 Å². The van der Waals surface area contributed by atoms with Gasteiger partial charge in [0.2, 0.25) is 0 Å². The van der Waals surface area contributed by atoms with Crippen LogP contribution >= 0.6 is 0 Å². The second-order valence-corrected chi connectivity index (χ2v) is 7.63. The van der Waals surface area contributed by atoms with Gasteiger partial charge in [-0.3, -0.25) is 4.57 Å². The first-order valence-corrected chi connectivity index (χ1v) is 10.5. The smallest absolute Gasteiger partial charge is 0.167 e. The number of methoxy groups -OCH3 is 1. The number of aromatic nitrogens is 4. The van der Waals surface area contributed by atoms with Gasteiger partial charge in [-0.2, -0.15) is 0 Å². The van der Waals surface area contributed by atoms with E-state index in [2.05, 4.69) is 28.8 Å². The van der Waals surface area contributed by atoms with Gasteiger partial charge in [0, 0.05) is 20.3 Å². The van der Waals surface area contributed by atoms with Gasteiger partial charge < -0.3 is 29.8 Å². The Labute approximate surface area is 176 Å². The largest absolute Gasteiger partial charge is 0.386 e. The summed E-state index contributed by atoms with van der Waals surface area (Å²) in [6.07, 6.45) is 4.37.